The van der Waals surface area contributed by atoms with Gasteiger partial charge in [0.15, 0.2) is 0 Å². The third kappa shape index (κ3) is 2.81. The Labute approximate surface area is 124 Å². The molecule has 1 aromatic carbocycles. The number of benzene rings is 1. The van der Waals surface area contributed by atoms with Gasteiger partial charge in [0.05, 0.1) is 27.8 Å². The fourth-order valence-corrected chi connectivity index (χ4v) is 2.20. The number of aliphatic hydroxyl groups excluding tert-OH is 1. The lowest BCUT2D eigenvalue weighted by atomic mass is 9.78. The predicted octanol–water partition coefficient (Wildman–Crippen LogP) is 1.95. The summed E-state index contributed by atoms with van der Waals surface area (Å²) in [6.07, 6.45) is -0.937. The molecule has 1 unspecified atom stereocenters. The van der Waals surface area contributed by atoms with Crippen LogP contribution in [0.3, 0.4) is 0 Å². The highest BCUT2D eigenvalue weighted by Crippen LogP contribution is 2.37. The van der Waals surface area contributed by atoms with Crippen LogP contribution in [0.4, 0.5) is 5.69 Å². The summed E-state index contributed by atoms with van der Waals surface area (Å²) in [5, 5.41) is 20.7. The molecule has 114 valence electrons. The molecule has 0 aliphatic carbocycles. The zero-order valence-corrected chi connectivity index (χ0v) is 12.9. The Morgan fingerprint density at radius 1 is 1.24 bits per heavy atom. The van der Waals surface area contributed by atoms with Crippen molar-refractivity contribution in [3.63, 3.8) is 0 Å². The van der Waals surface area contributed by atoms with Crippen molar-refractivity contribution in [1.82, 2.24) is 0 Å². The van der Waals surface area contributed by atoms with Gasteiger partial charge in [-0.2, -0.15) is 0 Å². The first-order valence-electron chi connectivity index (χ1n) is 6.87. The van der Waals surface area contributed by atoms with Crippen LogP contribution in [0.1, 0.15) is 46.3 Å². The van der Waals surface area contributed by atoms with Crippen molar-refractivity contribution in [2.75, 3.05) is 0 Å². The molecule has 6 nitrogen and oxygen atoms in total. The first-order chi connectivity index (χ1) is 9.55. The lowest BCUT2D eigenvalue weighted by Crippen LogP contribution is -2.41. The Morgan fingerprint density at radius 2 is 1.76 bits per heavy atom. The van der Waals surface area contributed by atoms with Gasteiger partial charge >= 0.3 is 7.12 Å². The van der Waals surface area contributed by atoms with E-state index in [1.807, 2.05) is 27.7 Å². The van der Waals surface area contributed by atoms with E-state index in [0.717, 1.165) is 0 Å². The van der Waals surface area contributed by atoms with E-state index < -0.39 is 29.3 Å². The topological polar surface area (TPSA) is 81.8 Å². The molecule has 0 amide bonds. The maximum atomic E-state index is 11.0. The molecule has 1 saturated heterocycles. The van der Waals surface area contributed by atoms with Crippen molar-refractivity contribution in [2.24, 2.45) is 0 Å². The SMILES string of the molecule is CC(O)c1cc(B2OC(C)(C)C(C)(C)O2)ccc1[N+](=O)[O-]. The van der Waals surface area contributed by atoms with Gasteiger partial charge in [0.2, 0.25) is 0 Å². The minimum atomic E-state index is -0.937. The van der Waals surface area contributed by atoms with Crippen LogP contribution in [-0.2, 0) is 9.31 Å². The van der Waals surface area contributed by atoms with Crippen molar-refractivity contribution in [3.8, 4) is 0 Å². The van der Waals surface area contributed by atoms with Crippen molar-refractivity contribution < 1.29 is 19.3 Å². The van der Waals surface area contributed by atoms with E-state index in [2.05, 4.69) is 0 Å². The normalized spacial score (nSPS) is 21.3. The number of nitro benzene ring substituents is 1. The summed E-state index contributed by atoms with van der Waals surface area (Å²) in [6, 6.07) is 4.56. The highest BCUT2D eigenvalue weighted by atomic mass is 16.7. The molecule has 1 fully saturated rings. The number of aliphatic hydroxyl groups is 1. The third-order valence-corrected chi connectivity index (χ3v) is 4.22. The van der Waals surface area contributed by atoms with Gasteiger partial charge in [-0.1, -0.05) is 6.07 Å². The first kappa shape index (κ1) is 15.9. The lowest BCUT2D eigenvalue weighted by molar-refractivity contribution is -0.386. The second-order valence-electron chi connectivity index (χ2n) is 6.34. The molecule has 1 atom stereocenters. The van der Waals surface area contributed by atoms with E-state index in [1.165, 1.54) is 13.0 Å². The molecule has 21 heavy (non-hydrogen) atoms. The van der Waals surface area contributed by atoms with Gasteiger partial charge in [-0.25, -0.2) is 0 Å². The smallest absolute Gasteiger partial charge is 0.399 e. The van der Waals surface area contributed by atoms with Crippen molar-refractivity contribution in [3.05, 3.63) is 33.9 Å². The number of rotatable bonds is 3. The van der Waals surface area contributed by atoms with Gasteiger partial charge in [0.25, 0.3) is 5.69 Å². The highest BCUT2D eigenvalue weighted by molar-refractivity contribution is 6.62. The third-order valence-electron chi connectivity index (χ3n) is 4.22. The van der Waals surface area contributed by atoms with Gasteiger partial charge < -0.3 is 14.4 Å². The predicted molar refractivity (Wildman–Crippen MR) is 79.4 cm³/mol. The number of nitrogens with zero attached hydrogens (tertiary/aromatic N) is 1. The summed E-state index contributed by atoms with van der Waals surface area (Å²) in [4.78, 5) is 10.5. The largest absolute Gasteiger partial charge is 0.494 e. The molecular weight excluding hydrogens is 273 g/mol. The maximum absolute atomic E-state index is 11.0. The standard InChI is InChI=1S/C14H20BNO5/c1-9(17)11-8-10(6-7-12(11)16(18)19)15-20-13(2,3)14(4,5)21-15/h6-9,17H,1-5H3. The van der Waals surface area contributed by atoms with E-state index >= 15 is 0 Å². The van der Waals surface area contributed by atoms with Crippen LogP contribution in [0, 0.1) is 10.1 Å². The summed E-state index contributed by atoms with van der Waals surface area (Å²) in [5.41, 5.74) is -0.151. The Hall–Kier alpha value is -1.44. The first-order valence-corrected chi connectivity index (χ1v) is 6.87. The van der Waals surface area contributed by atoms with Gasteiger partial charge in [-0.15, -0.1) is 0 Å². The highest BCUT2D eigenvalue weighted by Gasteiger charge is 2.51. The van der Waals surface area contributed by atoms with Crippen LogP contribution < -0.4 is 5.46 Å². The number of nitro groups is 1. The molecule has 0 bridgehead atoms. The van der Waals surface area contributed by atoms with Gasteiger partial charge in [0.1, 0.15) is 0 Å². The van der Waals surface area contributed by atoms with Crippen LogP contribution >= 0.6 is 0 Å². The van der Waals surface area contributed by atoms with Crippen LogP contribution in [0.25, 0.3) is 0 Å². The van der Waals surface area contributed by atoms with Crippen molar-refractivity contribution >= 4 is 18.3 Å². The molecule has 0 radical (unpaired) electrons. The van der Waals surface area contributed by atoms with Gasteiger partial charge in [-0.3, -0.25) is 10.1 Å². The van der Waals surface area contributed by atoms with E-state index in [4.69, 9.17) is 9.31 Å². The molecule has 0 aromatic heterocycles. The Kier molecular flexibility index (Phi) is 3.86. The fraction of sp³-hybridized carbons (Fsp3) is 0.571. The molecule has 7 heteroatoms. The van der Waals surface area contributed by atoms with Crippen LogP contribution in [-0.4, -0.2) is 28.4 Å². The summed E-state index contributed by atoms with van der Waals surface area (Å²) in [7, 11) is -0.603. The molecule has 1 heterocycles. The van der Waals surface area contributed by atoms with Crippen LogP contribution in [0.2, 0.25) is 0 Å². The molecule has 0 spiro atoms. The van der Waals surface area contributed by atoms with Crippen LogP contribution in [0.15, 0.2) is 18.2 Å². The Bertz CT molecular complexity index is 554. The number of hydrogen-bond donors (Lipinski definition) is 1. The monoisotopic (exact) mass is 293 g/mol. The number of hydrogen-bond acceptors (Lipinski definition) is 5. The molecule has 1 aliphatic rings. The Balaban J connectivity index is 2.39. The summed E-state index contributed by atoms with van der Waals surface area (Å²) in [5.74, 6) is 0. The molecule has 2 rings (SSSR count). The van der Waals surface area contributed by atoms with Crippen molar-refractivity contribution in [2.45, 2.75) is 51.9 Å². The van der Waals surface area contributed by atoms with Gasteiger partial charge in [-0.05, 0) is 46.1 Å². The molecule has 1 N–H and O–H groups in total. The molecule has 0 saturated carbocycles. The zero-order chi connectivity index (χ0) is 16.0. The van der Waals surface area contributed by atoms with E-state index in [-0.39, 0.29) is 11.3 Å². The van der Waals surface area contributed by atoms with Crippen molar-refractivity contribution in [1.29, 1.82) is 0 Å². The maximum Gasteiger partial charge on any atom is 0.494 e. The lowest BCUT2D eigenvalue weighted by Gasteiger charge is -2.32. The summed E-state index contributed by atoms with van der Waals surface area (Å²) in [6.45, 7) is 9.25. The van der Waals surface area contributed by atoms with Gasteiger partial charge in [0, 0.05) is 6.07 Å². The average Bonchev–Trinajstić information content (AvgIpc) is 2.57. The second kappa shape index (κ2) is 5.08. The second-order valence-corrected chi connectivity index (χ2v) is 6.34. The summed E-state index contributed by atoms with van der Waals surface area (Å²) >= 11 is 0. The molecular formula is C14H20BNO5. The van der Waals surface area contributed by atoms with E-state index in [1.54, 1.807) is 12.1 Å². The molecule has 1 aromatic rings. The van der Waals surface area contributed by atoms with E-state index in [0.29, 0.717) is 5.46 Å². The fourth-order valence-electron chi connectivity index (χ4n) is 2.20. The van der Waals surface area contributed by atoms with E-state index in [9.17, 15) is 15.2 Å². The van der Waals surface area contributed by atoms with Crippen LogP contribution in [0.5, 0.6) is 0 Å². The summed E-state index contributed by atoms with van der Waals surface area (Å²) < 4.78 is 11.8. The quantitative estimate of drug-likeness (QED) is 0.523. The average molecular weight is 293 g/mol. The minimum absolute atomic E-state index is 0.106. The Morgan fingerprint density at radius 3 is 2.19 bits per heavy atom. The zero-order valence-electron chi connectivity index (χ0n) is 12.9. The molecule has 1 aliphatic heterocycles. The minimum Gasteiger partial charge on any atom is -0.399 e.